The van der Waals surface area contributed by atoms with Crippen molar-refractivity contribution in [3.8, 4) is 0 Å². The van der Waals surface area contributed by atoms with E-state index in [4.69, 9.17) is 0 Å². The Bertz CT molecular complexity index is 1250. The minimum Gasteiger partial charge on any atom is -0.478 e. The molecule has 0 saturated heterocycles. The quantitative estimate of drug-likeness (QED) is 0.358. The predicted molar refractivity (Wildman–Crippen MR) is 128 cm³/mol. The van der Waals surface area contributed by atoms with Crippen LogP contribution in [0.25, 0.3) is 10.8 Å². The van der Waals surface area contributed by atoms with Gasteiger partial charge < -0.3 is 25.7 Å². The van der Waals surface area contributed by atoms with Crippen LogP contribution in [0.5, 0.6) is 0 Å². The van der Waals surface area contributed by atoms with Crippen LogP contribution in [-0.4, -0.2) is 66.1 Å². The molecule has 0 aliphatic carbocycles. The fourth-order valence-corrected chi connectivity index (χ4v) is 3.64. The molecule has 0 spiro atoms. The summed E-state index contributed by atoms with van der Waals surface area (Å²) in [6.45, 7) is 1.08. The van der Waals surface area contributed by atoms with Crippen molar-refractivity contribution in [1.82, 2.24) is 10.2 Å². The second-order valence-electron chi connectivity index (χ2n) is 7.91. The number of fused-ring (bicyclic) bond motifs is 1. The summed E-state index contributed by atoms with van der Waals surface area (Å²) in [5.74, 6) is -3.87. The van der Waals surface area contributed by atoms with Crippen LogP contribution in [0.15, 0.2) is 54.6 Å². The Morgan fingerprint density at radius 2 is 1.24 bits per heavy atom. The van der Waals surface area contributed by atoms with Crippen LogP contribution < -0.4 is 10.6 Å². The van der Waals surface area contributed by atoms with E-state index in [-0.39, 0.29) is 33.0 Å². The van der Waals surface area contributed by atoms with Crippen molar-refractivity contribution in [2.24, 2.45) is 0 Å². The highest BCUT2D eigenvalue weighted by molar-refractivity contribution is 6.24. The number of carboxylic acid groups (broad SMARTS) is 2. The minimum absolute atomic E-state index is 0.0170. The average Bonchev–Trinajstić information content (AvgIpc) is 2.80. The SMILES string of the molecule is CN(C)CCCNC(=O)c1ccc(C(=O)Nc2ccccc2)c2c(C(=O)O)ccc(C(=O)O)c12. The van der Waals surface area contributed by atoms with Gasteiger partial charge in [0.2, 0.25) is 0 Å². The molecule has 3 aromatic carbocycles. The summed E-state index contributed by atoms with van der Waals surface area (Å²) in [6, 6.07) is 13.5. The summed E-state index contributed by atoms with van der Waals surface area (Å²) >= 11 is 0. The average molecular weight is 463 g/mol. The molecule has 0 fully saturated rings. The molecule has 9 heteroatoms. The molecule has 3 rings (SSSR count). The van der Waals surface area contributed by atoms with Gasteiger partial charge in [-0.15, -0.1) is 0 Å². The van der Waals surface area contributed by atoms with Gasteiger partial charge in [0.15, 0.2) is 0 Å². The van der Waals surface area contributed by atoms with E-state index in [1.807, 2.05) is 19.0 Å². The number of amides is 2. The fraction of sp³-hybridized carbons (Fsp3) is 0.200. The van der Waals surface area contributed by atoms with Crippen molar-refractivity contribution < 1.29 is 29.4 Å². The Labute approximate surface area is 196 Å². The molecule has 0 atom stereocenters. The largest absolute Gasteiger partial charge is 0.478 e. The van der Waals surface area contributed by atoms with Crippen molar-refractivity contribution in [3.05, 3.63) is 76.9 Å². The van der Waals surface area contributed by atoms with Gasteiger partial charge in [-0.3, -0.25) is 9.59 Å². The molecule has 3 aromatic rings. The van der Waals surface area contributed by atoms with Crippen molar-refractivity contribution in [3.63, 3.8) is 0 Å². The third-order valence-corrected chi connectivity index (χ3v) is 5.21. The van der Waals surface area contributed by atoms with Crippen LogP contribution >= 0.6 is 0 Å². The number of nitrogens with one attached hydrogen (secondary N) is 2. The number of aromatic carboxylic acids is 2. The zero-order valence-electron chi connectivity index (χ0n) is 18.8. The number of para-hydroxylation sites is 1. The third kappa shape index (κ3) is 5.38. The normalized spacial score (nSPS) is 10.8. The van der Waals surface area contributed by atoms with Gasteiger partial charge in [-0.1, -0.05) is 18.2 Å². The molecule has 9 nitrogen and oxygen atoms in total. The summed E-state index contributed by atoms with van der Waals surface area (Å²) in [6.07, 6.45) is 0.667. The lowest BCUT2D eigenvalue weighted by Gasteiger charge is -2.16. The van der Waals surface area contributed by atoms with Crippen LogP contribution in [-0.2, 0) is 0 Å². The monoisotopic (exact) mass is 463 g/mol. The summed E-state index contributed by atoms with van der Waals surface area (Å²) in [4.78, 5) is 52.0. The number of carbonyl (C=O) groups is 4. The van der Waals surface area contributed by atoms with E-state index in [1.165, 1.54) is 12.1 Å². The molecule has 0 bridgehead atoms. The third-order valence-electron chi connectivity index (χ3n) is 5.21. The summed E-state index contributed by atoms with van der Waals surface area (Å²) in [5, 5.41) is 24.8. The smallest absolute Gasteiger partial charge is 0.336 e. The van der Waals surface area contributed by atoms with Crippen molar-refractivity contribution >= 4 is 40.2 Å². The Morgan fingerprint density at radius 3 is 1.74 bits per heavy atom. The maximum atomic E-state index is 13.1. The number of carbonyl (C=O) groups excluding carboxylic acids is 2. The van der Waals surface area contributed by atoms with Gasteiger partial charge in [-0.05, 0) is 63.5 Å². The lowest BCUT2D eigenvalue weighted by molar-refractivity contribution is 0.0684. The molecular weight excluding hydrogens is 438 g/mol. The molecule has 2 amide bonds. The number of hydrogen-bond acceptors (Lipinski definition) is 5. The predicted octanol–water partition coefficient (Wildman–Crippen LogP) is 3.17. The van der Waals surface area contributed by atoms with Crippen LogP contribution in [0.1, 0.15) is 47.9 Å². The van der Waals surface area contributed by atoms with Gasteiger partial charge in [-0.2, -0.15) is 0 Å². The molecule has 0 heterocycles. The van der Waals surface area contributed by atoms with Crippen molar-refractivity contribution in [1.29, 1.82) is 0 Å². The summed E-state index contributed by atoms with van der Waals surface area (Å²) < 4.78 is 0. The van der Waals surface area contributed by atoms with Gasteiger partial charge in [0, 0.05) is 34.1 Å². The topological polar surface area (TPSA) is 136 Å². The highest BCUT2D eigenvalue weighted by Crippen LogP contribution is 2.31. The molecule has 0 aliphatic heterocycles. The first-order valence-electron chi connectivity index (χ1n) is 10.6. The van der Waals surface area contributed by atoms with Crippen molar-refractivity contribution in [2.75, 3.05) is 32.5 Å². The molecule has 0 saturated carbocycles. The van der Waals surface area contributed by atoms with Crippen molar-refractivity contribution in [2.45, 2.75) is 6.42 Å². The molecule has 0 aliphatic rings. The Hall–Kier alpha value is -4.24. The molecule has 34 heavy (non-hydrogen) atoms. The zero-order chi connectivity index (χ0) is 24.8. The van der Waals surface area contributed by atoms with E-state index < -0.39 is 23.8 Å². The minimum atomic E-state index is -1.35. The van der Waals surface area contributed by atoms with Gasteiger partial charge in [0.1, 0.15) is 0 Å². The summed E-state index contributed by atoms with van der Waals surface area (Å²) in [7, 11) is 3.81. The molecular formula is C25H25N3O6. The first kappa shape index (κ1) is 24.4. The van der Waals surface area contributed by atoms with E-state index >= 15 is 0 Å². The molecule has 4 N–H and O–H groups in total. The number of anilines is 1. The van der Waals surface area contributed by atoms with E-state index in [0.717, 1.165) is 18.7 Å². The standard InChI is InChI=1S/C25H25N3O6/c1-28(2)14-6-13-26-22(29)16-9-10-17(23(30)27-15-7-4-3-5-8-15)21-19(25(33)34)12-11-18(20(16)21)24(31)32/h3-5,7-12H,6,13-14H2,1-2H3,(H,26,29)(H,27,30)(H,31,32)(H,33,34). The van der Waals surface area contributed by atoms with E-state index in [9.17, 15) is 29.4 Å². The van der Waals surface area contributed by atoms with E-state index in [0.29, 0.717) is 18.7 Å². The lowest BCUT2D eigenvalue weighted by atomic mass is 9.91. The van der Waals surface area contributed by atoms with Crippen LogP contribution in [0.2, 0.25) is 0 Å². The Kier molecular flexibility index (Phi) is 7.60. The zero-order valence-corrected chi connectivity index (χ0v) is 18.8. The fourth-order valence-electron chi connectivity index (χ4n) is 3.64. The molecule has 0 unspecified atom stereocenters. The Balaban J connectivity index is 2.15. The number of benzene rings is 3. The number of carboxylic acids is 2. The van der Waals surface area contributed by atoms with Gasteiger partial charge in [-0.25, -0.2) is 9.59 Å². The van der Waals surface area contributed by atoms with Gasteiger partial charge >= 0.3 is 11.9 Å². The highest BCUT2D eigenvalue weighted by atomic mass is 16.4. The summed E-state index contributed by atoms with van der Waals surface area (Å²) in [5.41, 5.74) is -0.136. The van der Waals surface area contributed by atoms with Crippen LogP contribution in [0, 0.1) is 0 Å². The number of rotatable bonds is 9. The van der Waals surface area contributed by atoms with Gasteiger partial charge in [0.25, 0.3) is 11.8 Å². The van der Waals surface area contributed by atoms with E-state index in [2.05, 4.69) is 10.6 Å². The molecule has 0 aromatic heterocycles. The van der Waals surface area contributed by atoms with Crippen LogP contribution in [0.4, 0.5) is 5.69 Å². The highest BCUT2D eigenvalue weighted by Gasteiger charge is 2.25. The second-order valence-corrected chi connectivity index (χ2v) is 7.91. The lowest BCUT2D eigenvalue weighted by Crippen LogP contribution is -2.28. The first-order chi connectivity index (χ1) is 16.2. The molecule has 176 valence electrons. The van der Waals surface area contributed by atoms with Crippen LogP contribution in [0.3, 0.4) is 0 Å². The Morgan fingerprint density at radius 1 is 0.735 bits per heavy atom. The maximum Gasteiger partial charge on any atom is 0.336 e. The van der Waals surface area contributed by atoms with E-state index in [1.54, 1.807) is 30.3 Å². The molecule has 0 radical (unpaired) electrons. The maximum absolute atomic E-state index is 13.1. The number of hydrogen-bond donors (Lipinski definition) is 4. The van der Waals surface area contributed by atoms with Gasteiger partial charge in [0.05, 0.1) is 11.1 Å². The first-order valence-corrected chi connectivity index (χ1v) is 10.6. The second kappa shape index (κ2) is 10.6. The number of nitrogens with zero attached hydrogens (tertiary/aromatic N) is 1.